The largest absolute Gasteiger partial charge is 0.338 e. The maximum Gasteiger partial charge on any atom is 0.321 e. The lowest BCUT2D eigenvalue weighted by atomic mass is 10.3. The number of thiophene rings is 1. The summed E-state index contributed by atoms with van der Waals surface area (Å²) < 4.78 is 1.49. The van der Waals surface area contributed by atoms with Crippen LogP contribution >= 0.6 is 23.1 Å². The van der Waals surface area contributed by atoms with Crippen LogP contribution in [0.25, 0.3) is 10.2 Å². The van der Waals surface area contributed by atoms with Crippen LogP contribution in [0, 0.1) is 0 Å². The smallest absolute Gasteiger partial charge is 0.321 e. The molecule has 2 heterocycles. The molecule has 0 aromatic carbocycles. The average Bonchev–Trinajstić information content (AvgIpc) is 2.99. The lowest BCUT2D eigenvalue weighted by Gasteiger charge is -2.10. The third-order valence-electron chi connectivity index (χ3n) is 3.25. The second kappa shape index (κ2) is 8.82. The Morgan fingerprint density at radius 1 is 1.44 bits per heavy atom. The Morgan fingerprint density at radius 3 is 2.84 bits per heavy atom. The number of hydrogen-bond acceptors (Lipinski definition) is 6. The Bertz CT molecular complexity index is 857. The number of hydrogen-bond donors (Lipinski definition) is 2. The van der Waals surface area contributed by atoms with E-state index in [1.165, 1.54) is 15.9 Å². The number of nitrogens with zero attached hydrogens (tertiary/aromatic N) is 2. The second-order valence-electron chi connectivity index (χ2n) is 5.08. The summed E-state index contributed by atoms with van der Waals surface area (Å²) in [6.07, 6.45) is 2.44. The number of aryl methyl sites for hydroxylation is 1. The quantitative estimate of drug-likeness (QED) is 0.436. The van der Waals surface area contributed by atoms with Crippen LogP contribution in [-0.4, -0.2) is 33.8 Å². The minimum atomic E-state index is -0.536. The van der Waals surface area contributed by atoms with Crippen molar-refractivity contribution in [3.63, 3.8) is 0 Å². The third kappa shape index (κ3) is 4.70. The second-order valence-corrected chi connectivity index (χ2v) is 7.14. The summed E-state index contributed by atoms with van der Waals surface area (Å²) in [5.41, 5.74) is -0.146. The number of amides is 3. The molecular weight excluding hydrogens is 360 g/mol. The molecular formula is C16H20N4O3S2. The molecule has 134 valence electrons. The first-order chi connectivity index (χ1) is 12.0. The monoisotopic (exact) mass is 380 g/mol. The summed E-state index contributed by atoms with van der Waals surface area (Å²) in [5.74, 6) is -0.464. The Kier molecular flexibility index (Phi) is 6.77. The Morgan fingerprint density at radius 2 is 2.20 bits per heavy atom. The van der Waals surface area contributed by atoms with Gasteiger partial charge in [0.1, 0.15) is 4.83 Å². The van der Waals surface area contributed by atoms with Crippen LogP contribution in [0.1, 0.15) is 18.7 Å². The van der Waals surface area contributed by atoms with Gasteiger partial charge in [-0.25, -0.2) is 9.78 Å². The number of carbonyl (C=O) groups is 2. The van der Waals surface area contributed by atoms with E-state index in [2.05, 4.69) is 22.2 Å². The summed E-state index contributed by atoms with van der Waals surface area (Å²) >= 11 is 2.60. The Hall–Kier alpha value is -2.13. The first-order valence-electron chi connectivity index (χ1n) is 7.84. The summed E-state index contributed by atoms with van der Waals surface area (Å²) in [6.45, 7) is 8.19. The highest BCUT2D eigenvalue weighted by atomic mass is 32.2. The van der Waals surface area contributed by atoms with Crippen LogP contribution in [0.2, 0.25) is 0 Å². The normalized spacial score (nSPS) is 10.6. The molecule has 2 N–H and O–H groups in total. The summed E-state index contributed by atoms with van der Waals surface area (Å²) in [6, 6.07) is 1.33. The van der Waals surface area contributed by atoms with Crippen molar-refractivity contribution in [1.29, 1.82) is 0 Å². The van der Waals surface area contributed by atoms with Crippen molar-refractivity contribution >= 4 is 45.3 Å². The number of imide groups is 1. The predicted molar refractivity (Wildman–Crippen MR) is 101 cm³/mol. The molecule has 2 aromatic rings. The maximum atomic E-state index is 12.7. The summed E-state index contributed by atoms with van der Waals surface area (Å²) in [4.78, 5) is 42.2. The van der Waals surface area contributed by atoms with Gasteiger partial charge in [0.2, 0.25) is 5.91 Å². The zero-order valence-corrected chi connectivity index (χ0v) is 15.8. The molecule has 0 aliphatic carbocycles. The molecule has 0 unspecified atom stereocenters. The lowest BCUT2D eigenvalue weighted by molar-refractivity contribution is -0.117. The van der Waals surface area contributed by atoms with E-state index in [-0.39, 0.29) is 11.3 Å². The highest BCUT2D eigenvalue weighted by Crippen LogP contribution is 2.25. The number of rotatable bonds is 7. The molecule has 0 saturated carbocycles. The van der Waals surface area contributed by atoms with E-state index in [4.69, 9.17) is 0 Å². The summed E-state index contributed by atoms with van der Waals surface area (Å²) in [7, 11) is 0. The van der Waals surface area contributed by atoms with E-state index in [1.54, 1.807) is 13.0 Å². The molecule has 3 amide bonds. The topological polar surface area (TPSA) is 93.1 Å². The van der Waals surface area contributed by atoms with Crippen LogP contribution in [0.5, 0.6) is 0 Å². The van der Waals surface area contributed by atoms with Gasteiger partial charge in [0, 0.05) is 18.0 Å². The van der Waals surface area contributed by atoms with Crippen molar-refractivity contribution in [3.8, 4) is 0 Å². The van der Waals surface area contributed by atoms with Gasteiger partial charge in [0.05, 0.1) is 11.1 Å². The number of carbonyl (C=O) groups excluding carboxylic acids is 2. The van der Waals surface area contributed by atoms with Gasteiger partial charge < -0.3 is 5.32 Å². The van der Waals surface area contributed by atoms with Crippen molar-refractivity contribution in [3.05, 3.63) is 34.0 Å². The van der Waals surface area contributed by atoms with E-state index in [9.17, 15) is 14.4 Å². The maximum absolute atomic E-state index is 12.7. The van der Waals surface area contributed by atoms with Crippen molar-refractivity contribution in [2.24, 2.45) is 0 Å². The number of thioether (sulfide) groups is 1. The van der Waals surface area contributed by atoms with Crippen molar-refractivity contribution in [2.45, 2.75) is 32.0 Å². The number of urea groups is 1. The van der Waals surface area contributed by atoms with Crippen LogP contribution in [-0.2, 0) is 17.8 Å². The molecule has 0 aliphatic rings. The van der Waals surface area contributed by atoms with Crippen molar-refractivity contribution in [1.82, 2.24) is 20.2 Å². The van der Waals surface area contributed by atoms with E-state index in [1.807, 2.05) is 13.0 Å². The van der Waals surface area contributed by atoms with Gasteiger partial charge >= 0.3 is 6.03 Å². The molecule has 2 rings (SSSR count). The van der Waals surface area contributed by atoms with E-state index >= 15 is 0 Å². The first-order valence-corrected chi connectivity index (χ1v) is 9.64. The average molecular weight is 380 g/mol. The van der Waals surface area contributed by atoms with E-state index < -0.39 is 11.9 Å². The van der Waals surface area contributed by atoms with Gasteiger partial charge in [0.25, 0.3) is 5.56 Å². The zero-order chi connectivity index (χ0) is 18.4. The van der Waals surface area contributed by atoms with Crippen molar-refractivity contribution in [2.75, 3.05) is 12.3 Å². The van der Waals surface area contributed by atoms with Crippen LogP contribution < -0.4 is 16.2 Å². The molecule has 0 fully saturated rings. The Balaban J connectivity index is 2.25. The molecule has 25 heavy (non-hydrogen) atoms. The van der Waals surface area contributed by atoms with Crippen LogP contribution in [0.3, 0.4) is 0 Å². The molecule has 2 aromatic heterocycles. The molecule has 0 aliphatic heterocycles. The molecule has 0 saturated heterocycles. The number of fused-ring (bicyclic) bond motifs is 1. The van der Waals surface area contributed by atoms with Gasteiger partial charge in [-0.05, 0) is 19.4 Å². The highest BCUT2D eigenvalue weighted by Gasteiger charge is 2.15. The first kappa shape index (κ1) is 19.2. The Labute approximate surface area is 153 Å². The molecule has 9 heteroatoms. The standard InChI is InChI=1S/C16H20N4O3S2/c1-4-7-20-14(22)11-8-10(5-2)25-13(11)19-16(20)24-9-12(21)18-15(23)17-6-3/h4,8H,1,5-7,9H2,2-3H3,(H2,17,18,21,23). The fraction of sp³-hybridized carbons (Fsp3) is 0.375. The number of nitrogens with one attached hydrogen (secondary N) is 2. The number of allylic oxidation sites excluding steroid dienone is 1. The minimum Gasteiger partial charge on any atom is -0.338 e. The predicted octanol–water partition coefficient (Wildman–Crippen LogP) is 2.14. The highest BCUT2D eigenvalue weighted by molar-refractivity contribution is 7.99. The van der Waals surface area contributed by atoms with Gasteiger partial charge in [-0.15, -0.1) is 17.9 Å². The van der Waals surface area contributed by atoms with Crippen molar-refractivity contribution < 1.29 is 9.59 Å². The van der Waals surface area contributed by atoms with Gasteiger partial charge in [-0.3, -0.25) is 19.5 Å². The molecule has 7 nitrogen and oxygen atoms in total. The zero-order valence-electron chi connectivity index (χ0n) is 14.1. The fourth-order valence-corrected chi connectivity index (χ4v) is 3.94. The molecule has 0 atom stereocenters. The number of aromatic nitrogens is 2. The van der Waals surface area contributed by atoms with Crippen LogP contribution in [0.4, 0.5) is 4.79 Å². The van der Waals surface area contributed by atoms with Gasteiger partial charge in [0.15, 0.2) is 5.16 Å². The molecule has 0 spiro atoms. The fourth-order valence-electron chi connectivity index (χ4n) is 2.12. The molecule has 0 radical (unpaired) electrons. The third-order valence-corrected chi connectivity index (χ3v) is 5.40. The van der Waals surface area contributed by atoms with Gasteiger partial charge in [-0.1, -0.05) is 24.8 Å². The van der Waals surface area contributed by atoms with E-state index in [0.717, 1.165) is 23.1 Å². The minimum absolute atomic E-state index is 0.0156. The SMILES string of the molecule is C=CCn1c(SCC(=O)NC(=O)NCC)nc2sc(CC)cc2c1=O. The van der Waals surface area contributed by atoms with Gasteiger partial charge in [-0.2, -0.15) is 0 Å². The lowest BCUT2D eigenvalue weighted by Crippen LogP contribution is -2.40. The van der Waals surface area contributed by atoms with Crippen LogP contribution in [0.15, 0.2) is 28.7 Å². The van der Waals surface area contributed by atoms with E-state index in [0.29, 0.717) is 28.5 Å². The molecule has 0 bridgehead atoms. The summed E-state index contributed by atoms with van der Waals surface area (Å²) in [5, 5.41) is 5.73.